The van der Waals surface area contributed by atoms with E-state index in [4.69, 9.17) is 10.4 Å². The van der Waals surface area contributed by atoms with Gasteiger partial charge < -0.3 is 5.11 Å². The summed E-state index contributed by atoms with van der Waals surface area (Å²) in [5.41, 5.74) is 0. The van der Waals surface area contributed by atoms with Crippen LogP contribution < -0.4 is 0 Å². The lowest BCUT2D eigenvalue weighted by atomic mass is 10.1. The maximum Gasteiger partial charge on any atom is 0.304 e. The van der Waals surface area contributed by atoms with E-state index in [1.807, 2.05) is 24.8 Å². The molecule has 0 saturated carbocycles. The van der Waals surface area contributed by atoms with E-state index in [1.165, 1.54) is 0 Å². The third-order valence-electron chi connectivity index (χ3n) is 2.07. The van der Waals surface area contributed by atoms with Crippen LogP contribution in [0.5, 0.6) is 0 Å². The maximum absolute atomic E-state index is 10.5. The number of hydrogen-bond donors (Lipinski definition) is 1. The zero-order valence-corrected chi connectivity index (χ0v) is 8.16. The Kier molecular flexibility index (Phi) is 5.90. The molecule has 0 spiro atoms. The zero-order valence-electron chi connectivity index (χ0n) is 8.16. The smallest absolute Gasteiger partial charge is 0.304 e. The molecule has 4 heteroatoms. The van der Waals surface area contributed by atoms with E-state index in [0.29, 0.717) is 0 Å². The van der Waals surface area contributed by atoms with Gasteiger partial charge in [-0.05, 0) is 13.1 Å². The molecular weight excluding hydrogens is 168 g/mol. The molecule has 1 atom stereocenters. The summed E-state index contributed by atoms with van der Waals surface area (Å²) in [6, 6.07) is 1.88. The first-order chi connectivity index (χ1) is 6.15. The van der Waals surface area contributed by atoms with Crippen molar-refractivity contribution in [3.05, 3.63) is 0 Å². The number of carboxylic acids is 1. The molecule has 1 N–H and O–H groups in total. The molecule has 0 radical (unpaired) electrons. The Morgan fingerprint density at radius 3 is 2.38 bits per heavy atom. The van der Waals surface area contributed by atoms with E-state index >= 15 is 0 Å². The summed E-state index contributed by atoms with van der Waals surface area (Å²) in [4.78, 5) is 12.5. The normalized spacial score (nSPS) is 12.5. The highest BCUT2D eigenvalue weighted by atomic mass is 16.4. The van der Waals surface area contributed by atoms with Crippen molar-refractivity contribution in [1.29, 1.82) is 5.26 Å². The van der Waals surface area contributed by atoms with Gasteiger partial charge in [-0.15, -0.1) is 0 Å². The number of carbonyl (C=O) groups is 1. The van der Waals surface area contributed by atoms with E-state index in [0.717, 1.165) is 13.1 Å². The van der Waals surface area contributed by atoms with Crippen LogP contribution in [0.1, 0.15) is 26.7 Å². The molecule has 0 aliphatic carbocycles. The summed E-state index contributed by atoms with van der Waals surface area (Å²) >= 11 is 0. The van der Waals surface area contributed by atoms with Crippen LogP contribution in [-0.2, 0) is 4.79 Å². The first-order valence-electron chi connectivity index (χ1n) is 4.48. The Morgan fingerprint density at radius 1 is 1.54 bits per heavy atom. The van der Waals surface area contributed by atoms with Gasteiger partial charge in [-0.1, -0.05) is 13.8 Å². The zero-order chi connectivity index (χ0) is 10.3. The average Bonchev–Trinajstić information content (AvgIpc) is 2.05. The molecule has 0 aromatic carbocycles. The predicted molar refractivity (Wildman–Crippen MR) is 49.2 cm³/mol. The highest BCUT2D eigenvalue weighted by Gasteiger charge is 2.18. The summed E-state index contributed by atoms with van der Waals surface area (Å²) in [5, 5.41) is 17.1. The van der Waals surface area contributed by atoms with Crippen molar-refractivity contribution in [2.75, 3.05) is 13.1 Å². The van der Waals surface area contributed by atoms with Crippen LogP contribution in [0.2, 0.25) is 0 Å². The fourth-order valence-corrected chi connectivity index (χ4v) is 1.38. The number of aliphatic carboxylic acids is 1. The Labute approximate surface area is 78.8 Å². The number of rotatable bonds is 6. The minimum atomic E-state index is -0.841. The third kappa shape index (κ3) is 4.48. The molecule has 0 aliphatic heterocycles. The van der Waals surface area contributed by atoms with Gasteiger partial charge in [0.05, 0.1) is 18.9 Å². The van der Waals surface area contributed by atoms with Crippen LogP contribution in [0, 0.1) is 11.3 Å². The fraction of sp³-hybridized carbons (Fsp3) is 0.778. The molecule has 13 heavy (non-hydrogen) atoms. The van der Waals surface area contributed by atoms with Gasteiger partial charge in [-0.25, -0.2) is 0 Å². The highest BCUT2D eigenvalue weighted by Crippen LogP contribution is 2.07. The van der Waals surface area contributed by atoms with Gasteiger partial charge in [0.25, 0.3) is 0 Å². The molecule has 0 bridgehead atoms. The molecule has 4 nitrogen and oxygen atoms in total. The molecule has 0 aliphatic rings. The van der Waals surface area contributed by atoms with E-state index < -0.39 is 5.97 Å². The standard InChI is InChI=1S/C9H16N2O2/c1-3-11(4-2)8(5-6-10)7-9(12)13/h8H,3-5,7H2,1-2H3,(H,12,13). The van der Waals surface area contributed by atoms with Crippen LogP contribution in [0.25, 0.3) is 0 Å². The molecular formula is C9H16N2O2. The first-order valence-corrected chi connectivity index (χ1v) is 4.48. The summed E-state index contributed by atoms with van der Waals surface area (Å²) < 4.78 is 0. The lowest BCUT2D eigenvalue weighted by Gasteiger charge is -2.26. The topological polar surface area (TPSA) is 64.3 Å². The van der Waals surface area contributed by atoms with Crippen molar-refractivity contribution in [1.82, 2.24) is 4.90 Å². The largest absolute Gasteiger partial charge is 0.481 e. The summed E-state index contributed by atoms with van der Waals surface area (Å²) in [7, 11) is 0. The Morgan fingerprint density at radius 2 is 2.08 bits per heavy atom. The molecule has 0 aromatic rings. The monoisotopic (exact) mass is 184 g/mol. The van der Waals surface area contributed by atoms with Gasteiger partial charge in [0, 0.05) is 6.04 Å². The fourth-order valence-electron chi connectivity index (χ4n) is 1.38. The lowest BCUT2D eigenvalue weighted by Crippen LogP contribution is -2.36. The average molecular weight is 184 g/mol. The minimum Gasteiger partial charge on any atom is -0.481 e. The molecule has 0 fully saturated rings. The van der Waals surface area contributed by atoms with Crippen molar-refractivity contribution < 1.29 is 9.90 Å². The third-order valence-corrected chi connectivity index (χ3v) is 2.07. The Hall–Kier alpha value is -1.08. The van der Waals surface area contributed by atoms with Crippen LogP contribution in [0.3, 0.4) is 0 Å². The van der Waals surface area contributed by atoms with E-state index in [-0.39, 0.29) is 18.9 Å². The second kappa shape index (κ2) is 6.44. The highest BCUT2D eigenvalue weighted by molar-refractivity contribution is 5.67. The molecule has 0 rings (SSSR count). The summed E-state index contributed by atoms with van der Waals surface area (Å²) in [5.74, 6) is -0.841. The van der Waals surface area contributed by atoms with Crippen LogP contribution in [-0.4, -0.2) is 35.1 Å². The van der Waals surface area contributed by atoms with Crippen molar-refractivity contribution >= 4 is 5.97 Å². The van der Waals surface area contributed by atoms with Crippen molar-refractivity contribution in [2.45, 2.75) is 32.7 Å². The van der Waals surface area contributed by atoms with Gasteiger partial charge in [0.15, 0.2) is 0 Å². The SMILES string of the molecule is CCN(CC)C(CC#N)CC(=O)O. The minimum absolute atomic E-state index is 0.0508. The van der Waals surface area contributed by atoms with E-state index in [9.17, 15) is 4.79 Å². The Bertz CT molecular complexity index is 194. The molecule has 0 saturated heterocycles. The van der Waals surface area contributed by atoms with E-state index in [2.05, 4.69) is 0 Å². The predicted octanol–water partition coefficient (Wildman–Crippen LogP) is 1.09. The van der Waals surface area contributed by atoms with Gasteiger partial charge in [-0.2, -0.15) is 5.26 Å². The molecule has 0 amide bonds. The van der Waals surface area contributed by atoms with Crippen molar-refractivity contribution in [2.24, 2.45) is 0 Å². The first kappa shape index (κ1) is 11.9. The Balaban J connectivity index is 4.21. The number of nitrogens with zero attached hydrogens (tertiary/aromatic N) is 2. The maximum atomic E-state index is 10.5. The second-order valence-electron chi connectivity index (χ2n) is 2.84. The number of nitriles is 1. The van der Waals surface area contributed by atoms with Crippen LogP contribution >= 0.6 is 0 Å². The quantitative estimate of drug-likeness (QED) is 0.671. The van der Waals surface area contributed by atoms with E-state index in [1.54, 1.807) is 0 Å². The van der Waals surface area contributed by atoms with Crippen LogP contribution in [0.4, 0.5) is 0 Å². The number of carboxylic acid groups (broad SMARTS) is 1. The summed E-state index contributed by atoms with van der Waals surface area (Å²) in [6.45, 7) is 5.51. The van der Waals surface area contributed by atoms with Gasteiger partial charge in [-0.3, -0.25) is 9.69 Å². The van der Waals surface area contributed by atoms with Crippen molar-refractivity contribution in [3.63, 3.8) is 0 Å². The molecule has 1 unspecified atom stereocenters. The molecule has 0 aromatic heterocycles. The second-order valence-corrected chi connectivity index (χ2v) is 2.84. The summed E-state index contributed by atoms with van der Waals surface area (Å²) in [6.07, 6.45) is 0.337. The van der Waals surface area contributed by atoms with Gasteiger partial charge in [0.1, 0.15) is 0 Å². The number of hydrogen-bond acceptors (Lipinski definition) is 3. The van der Waals surface area contributed by atoms with Gasteiger partial charge in [0.2, 0.25) is 0 Å². The van der Waals surface area contributed by atoms with Crippen molar-refractivity contribution in [3.8, 4) is 6.07 Å². The molecule has 0 heterocycles. The van der Waals surface area contributed by atoms with Crippen LogP contribution in [0.15, 0.2) is 0 Å². The molecule has 74 valence electrons. The lowest BCUT2D eigenvalue weighted by molar-refractivity contribution is -0.138. The van der Waals surface area contributed by atoms with Gasteiger partial charge >= 0.3 is 5.97 Å².